The summed E-state index contributed by atoms with van der Waals surface area (Å²) in [5, 5.41) is 10.4. The largest absolute Gasteiger partial charge is 0.396 e. The summed E-state index contributed by atoms with van der Waals surface area (Å²) in [4.78, 5) is 0. The minimum Gasteiger partial charge on any atom is -0.396 e. The molecule has 1 aromatic heterocycles. The summed E-state index contributed by atoms with van der Waals surface area (Å²) in [5.41, 5.74) is 4.06. The average molecular weight is 280 g/mol. The smallest absolute Gasteiger partial charge is 0.0515 e. The molecule has 84 valence electrons. The first kappa shape index (κ1) is 10.4. The Labute approximate surface area is 103 Å². The first-order chi connectivity index (χ1) is 7.79. The third-order valence-corrected chi connectivity index (χ3v) is 3.78. The second-order valence-electron chi connectivity index (χ2n) is 4.37. The fourth-order valence-corrected chi connectivity index (χ4v) is 3.24. The molecule has 2 aromatic rings. The standard InChI is InChI=1S/C13H14BrNO/c14-11-6-9-2-1-4-15-12(3-5-16)8-10(7-11)13(9)15/h6-8,16H,1-5H2. The second-order valence-corrected chi connectivity index (χ2v) is 5.28. The van der Waals surface area contributed by atoms with E-state index in [2.05, 4.69) is 38.7 Å². The van der Waals surface area contributed by atoms with Crippen molar-refractivity contribution in [2.75, 3.05) is 6.61 Å². The Kier molecular flexibility index (Phi) is 2.52. The third kappa shape index (κ3) is 1.50. The number of hydrogen-bond acceptors (Lipinski definition) is 1. The molecular formula is C13H14BrNO. The van der Waals surface area contributed by atoms with Gasteiger partial charge >= 0.3 is 0 Å². The molecule has 0 fully saturated rings. The third-order valence-electron chi connectivity index (χ3n) is 3.32. The van der Waals surface area contributed by atoms with E-state index < -0.39 is 0 Å². The molecule has 1 N–H and O–H groups in total. The second kappa shape index (κ2) is 3.90. The van der Waals surface area contributed by atoms with E-state index in [4.69, 9.17) is 5.11 Å². The predicted molar refractivity (Wildman–Crippen MR) is 68.7 cm³/mol. The van der Waals surface area contributed by atoms with E-state index in [1.807, 2.05) is 0 Å². The fourth-order valence-electron chi connectivity index (χ4n) is 2.71. The Morgan fingerprint density at radius 1 is 1.31 bits per heavy atom. The van der Waals surface area contributed by atoms with Crippen molar-refractivity contribution in [1.29, 1.82) is 0 Å². The summed E-state index contributed by atoms with van der Waals surface area (Å²) in [6.45, 7) is 1.32. The molecule has 0 unspecified atom stereocenters. The molecule has 0 spiro atoms. The molecule has 0 atom stereocenters. The molecule has 0 saturated carbocycles. The monoisotopic (exact) mass is 279 g/mol. The number of halogens is 1. The van der Waals surface area contributed by atoms with Crippen molar-refractivity contribution in [3.63, 3.8) is 0 Å². The van der Waals surface area contributed by atoms with Gasteiger partial charge in [-0.2, -0.15) is 0 Å². The lowest BCUT2D eigenvalue weighted by atomic mass is 10.0. The number of rotatable bonds is 2. The number of nitrogens with zero attached hydrogens (tertiary/aromatic N) is 1. The fraction of sp³-hybridized carbons (Fsp3) is 0.385. The molecule has 1 aliphatic heterocycles. The lowest BCUT2D eigenvalue weighted by Gasteiger charge is -2.18. The minimum atomic E-state index is 0.229. The van der Waals surface area contributed by atoms with Crippen LogP contribution in [0.15, 0.2) is 22.7 Å². The van der Waals surface area contributed by atoms with Crippen LogP contribution in [0.2, 0.25) is 0 Å². The zero-order valence-corrected chi connectivity index (χ0v) is 10.6. The first-order valence-corrected chi connectivity index (χ1v) is 6.50. The Morgan fingerprint density at radius 2 is 2.19 bits per heavy atom. The van der Waals surface area contributed by atoms with Crippen LogP contribution in [0.3, 0.4) is 0 Å². The molecule has 0 radical (unpaired) electrons. The van der Waals surface area contributed by atoms with Gasteiger partial charge < -0.3 is 9.67 Å². The highest BCUT2D eigenvalue weighted by molar-refractivity contribution is 9.10. The molecule has 0 bridgehead atoms. The van der Waals surface area contributed by atoms with Crippen LogP contribution in [0.25, 0.3) is 10.9 Å². The van der Waals surface area contributed by atoms with Gasteiger partial charge in [-0.25, -0.2) is 0 Å². The van der Waals surface area contributed by atoms with Crippen LogP contribution >= 0.6 is 15.9 Å². The lowest BCUT2D eigenvalue weighted by Crippen LogP contribution is -2.11. The maximum absolute atomic E-state index is 9.08. The summed E-state index contributed by atoms with van der Waals surface area (Å²) < 4.78 is 3.53. The van der Waals surface area contributed by atoms with Gasteiger partial charge in [-0.15, -0.1) is 0 Å². The number of aromatic nitrogens is 1. The van der Waals surface area contributed by atoms with E-state index in [1.54, 1.807) is 0 Å². The van der Waals surface area contributed by atoms with Crippen LogP contribution in [0.5, 0.6) is 0 Å². The molecule has 2 heterocycles. The molecule has 0 amide bonds. The summed E-state index contributed by atoms with van der Waals surface area (Å²) >= 11 is 3.56. The highest BCUT2D eigenvalue weighted by atomic mass is 79.9. The van der Waals surface area contributed by atoms with Crippen LogP contribution in [-0.4, -0.2) is 16.3 Å². The quantitative estimate of drug-likeness (QED) is 0.899. The Hall–Kier alpha value is -0.800. The number of aliphatic hydroxyl groups is 1. The SMILES string of the molecule is OCCc1cc2cc(Br)cc3c2n1CCC3. The van der Waals surface area contributed by atoms with Crippen molar-refractivity contribution in [2.45, 2.75) is 25.8 Å². The van der Waals surface area contributed by atoms with Crippen molar-refractivity contribution in [2.24, 2.45) is 0 Å². The van der Waals surface area contributed by atoms with Gasteiger partial charge in [0.2, 0.25) is 0 Å². The van der Waals surface area contributed by atoms with Gasteiger partial charge in [0.25, 0.3) is 0 Å². The molecule has 3 rings (SSSR count). The highest BCUT2D eigenvalue weighted by Crippen LogP contribution is 2.31. The molecule has 2 nitrogen and oxygen atoms in total. The number of aliphatic hydroxyl groups excluding tert-OH is 1. The van der Waals surface area contributed by atoms with Crippen LogP contribution < -0.4 is 0 Å². The normalized spacial score (nSPS) is 14.6. The Morgan fingerprint density at radius 3 is 3.00 bits per heavy atom. The zero-order chi connectivity index (χ0) is 11.1. The van der Waals surface area contributed by atoms with E-state index in [-0.39, 0.29) is 6.61 Å². The van der Waals surface area contributed by atoms with Crippen molar-refractivity contribution in [1.82, 2.24) is 4.57 Å². The van der Waals surface area contributed by atoms with Gasteiger partial charge in [-0.05, 0) is 36.6 Å². The maximum Gasteiger partial charge on any atom is 0.0515 e. The maximum atomic E-state index is 9.08. The number of benzene rings is 1. The summed E-state index contributed by atoms with van der Waals surface area (Å²) in [6, 6.07) is 6.60. The average Bonchev–Trinajstić information content (AvgIpc) is 2.59. The number of hydrogen-bond donors (Lipinski definition) is 1. The van der Waals surface area contributed by atoms with Gasteiger partial charge in [0, 0.05) is 35.1 Å². The molecular weight excluding hydrogens is 266 g/mol. The topological polar surface area (TPSA) is 25.2 Å². The van der Waals surface area contributed by atoms with Crippen molar-refractivity contribution >= 4 is 26.8 Å². The van der Waals surface area contributed by atoms with Crippen LogP contribution in [0, 0.1) is 0 Å². The van der Waals surface area contributed by atoms with E-state index in [0.717, 1.165) is 17.4 Å². The molecule has 0 saturated heterocycles. The van der Waals surface area contributed by atoms with E-state index in [1.165, 1.54) is 35.0 Å². The van der Waals surface area contributed by atoms with Gasteiger partial charge in [-0.3, -0.25) is 0 Å². The van der Waals surface area contributed by atoms with E-state index >= 15 is 0 Å². The van der Waals surface area contributed by atoms with Crippen molar-refractivity contribution in [3.05, 3.63) is 33.9 Å². The minimum absolute atomic E-state index is 0.229. The molecule has 1 aliphatic rings. The Bertz CT molecular complexity index is 544. The van der Waals surface area contributed by atoms with Gasteiger partial charge in [0.15, 0.2) is 0 Å². The predicted octanol–water partition coefficient (Wildman–Crippen LogP) is 2.88. The lowest BCUT2D eigenvalue weighted by molar-refractivity contribution is 0.296. The van der Waals surface area contributed by atoms with Crippen LogP contribution in [0.4, 0.5) is 0 Å². The van der Waals surface area contributed by atoms with Crippen molar-refractivity contribution < 1.29 is 5.11 Å². The van der Waals surface area contributed by atoms with Gasteiger partial charge in [0.05, 0.1) is 5.52 Å². The Balaban J connectivity index is 2.30. The van der Waals surface area contributed by atoms with Gasteiger partial charge in [-0.1, -0.05) is 15.9 Å². The van der Waals surface area contributed by atoms with E-state index in [0.29, 0.717) is 0 Å². The summed E-state index contributed by atoms with van der Waals surface area (Å²) in [7, 11) is 0. The zero-order valence-electron chi connectivity index (χ0n) is 9.04. The van der Waals surface area contributed by atoms with Crippen molar-refractivity contribution in [3.8, 4) is 0 Å². The molecule has 1 aromatic carbocycles. The summed E-state index contributed by atoms with van der Waals surface area (Å²) in [6.07, 6.45) is 3.12. The number of aryl methyl sites for hydroxylation is 2. The molecule has 3 heteroatoms. The van der Waals surface area contributed by atoms with Gasteiger partial charge in [0.1, 0.15) is 0 Å². The highest BCUT2D eigenvalue weighted by Gasteiger charge is 2.16. The molecule has 0 aliphatic carbocycles. The first-order valence-electron chi connectivity index (χ1n) is 5.71. The van der Waals surface area contributed by atoms with E-state index in [9.17, 15) is 0 Å². The van der Waals surface area contributed by atoms with Crippen LogP contribution in [0.1, 0.15) is 17.7 Å². The summed E-state index contributed by atoms with van der Waals surface area (Å²) in [5.74, 6) is 0. The van der Waals surface area contributed by atoms with Crippen LogP contribution in [-0.2, 0) is 19.4 Å². The molecule has 16 heavy (non-hydrogen) atoms.